The van der Waals surface area contributed by atoms with E-state index >= 15 is 0 Å². The number of rotatable bonds is 11. The topological polar surface area (TPSA) is 49.4 Å². The molecule has 5 aromatic carbocycles. The van der Waals surface area contributed by atoms with Crippen LogP contribution in [0.4, 0.5) is 11.4 Å². The summed E-state index contributed by atoms with van der Waals surface area (Å²) in [4.78, 5) is 29.7. The fraction of sp³-hybridized carbons (Fsp3) is 0.179. The van der Waals surface area contributed by atoms with E-state index < -0.39 is 4.75 Å². The van der Waals surface area contributed by atoms with Gasteiger partial charge in [0.15, 0.2) is 5.78 Å². The van der Waals surface area contributed by atoms with Gasteiger partial charge in [0.1, 0.15) is 0 Å². The zero-order valence-electron chi connectivity index (χ0n) is 24.6. The van der Waals surface area contributed by atoms with Crippen molar-refractivity contribution in [3.8, 4) is 0 Å². The van der Waals surface area contributed by atoms with Gasteiger partial charge in [0, 0.05) is 23.4 Å². The Hall–Kier alpha value is -4.45. The maximum atomic E-state index is 14.1. The van der Waals surface area contributed by atoms with Crippen LogP contribution < -0.4 is 10.2 Å². The van der Waals surface area contributed by atoms with E-state index in [1.165, 1.54) is 16.7 Å². The van der Waals surface area contributed by atoms with Crippen LogP contribution in [0.1, 0.15) is 46.3 Å². The number of benzene rings is 5. The van der Waals surface area contributed by atoms with Crippen molar-refractivity contribution in [1.29, 1.82) is 0 Å². The van der Waals surface area contributed by atoms with Crippen molar-refractivity contribution in [3.05, 3.63) is 168 Å². The first-order valence-corrected chi connectivity index (χ1v) is 16.2. The van der Waals surface area contributed by atoms with E-state index in [1.54, 1.807) is 16.7 Å². The van der Waals surface area contributed by atoms with Crippen LogP contribution in [0.3, 0.4) is 0 Å². The summed E-state index contributed by atoms with van der Waals surface area (Å²) < 4.78 is -0.496. The predicted molar refractivity (Wildman–Crippen MR) is 182 cm³/mol. The predicted octanol–water partition coefficient (Wildman–Crippen LogP) is 8.40. The van der Waals surface area contributed by atoms with E-state index in [9.17, 15) is 9.59 Å². The maximum absolute atomic E-state index is 14.1. The SMILES string of the molecule is O=C(CCSC(c1ccccc1)(c1ccccc1)c1ccccc1)c1ccccc1N(C(=O)[C@@H]1CCCN1)c1ccccc1. The number of thioether (sulfide) groups is 1. The van der Waals surface area contributed by atoms with E-state index in [2.05, 4.69) is 78.1 Å². The Kier molecular flexibility index (Phi) is 9.35. The van der Waals surface area contributed by atoms with Crippen molar-refractivity contribution in [1.82, 2.24) is 5.32 Å². The highest BCUT2D eigenvalue weighted by atomic mass is 32.2. The fourth-order valence-corrected chi connectivity index (χ4v) is 7.62. The summed E-state index contributed by atoms with van der Waals surface area (Å²) in [5.41, 5.74) is 5.46. The van der Waals surface area contributed by atoms with Crippen LogP contribution in [-0.2, 0) is 9.54 Å². The highest BCUT2D eigenvalue weighted by Gasteiger charge is 2.37. The second-order valence-corrected chi connectivity index (χ2v) is 12.3. The Morgan fingerprint density at radius 3 is 1.70 bits per heavy atom. The lowest BCUT2D eigenvalue weighted by molar-refractivity contribution is -0.119. The van der Waals surface area contributed by atoms with Gasteiger partial charge in [0.2, 0.25) is 5.91 Å². The Balaban J connectivity index is 1.33. The molecule has 1 heterocycles. The number of carbonyl (C=O) groups is 2. The molecule has 5 heteroatoms. The number of para-hydroxylation sites is 2. The minimum Gasteiger partial charge on any atom is -0.306 e. The van der Waals surface area contributed by atoms with Gasteiger partial charge in [-0.15, -0.1) is 11.8 Å². The number of nitrogens with one attached hydrogen (secondary N) is 1. The Morgan fingerprint density at radius 1 is 0.682 bits per heavy atom. The lowest BCUT2D eigenvalue weighted by Crippen LogP contribution is -2.41. The van der Waals surface area contributed by atoms with E-state index in [1.807, 2.05) is 72.8 Å². The van der Waals surface area contributed by atoms with Crippen molar-refractivity contribution in [2.45, 2.75) is 30.1 Å². The Bertz CT molecular complexity index is 1570. The standard InChI is InChI=1S/C39H36N2O2S/c42-37(34-24-13-14-26-36(34)41(33-22-11-4-12-23-33)38(43)35-25-15-28-40-35)27-29-44-39(30-16-5-1-6-17-30,31-18-7-2-8-19-31)32-20-9-3-10-21-32/h1-14,16-24,26,35,40H,15,25,27-29H2/t35-/m0/s1. The number of hydrogen-bond donors (Lipinski definition) is 1. The molecule has 0 spiro atoms. The first-order chi connectivity index (χ1) is 21.7. The molecule has 1 N–H and O–H groups in total. The number of hydrogen-bond acceptors (Lipinski definition) is 4. The summed E-state index contributed by atoms with van der Waals surface area (Å²) in [5, 5.41) is 3.34. The summed E-state index contributed by atoms with van der Waals surface area (Å²) in [6.45, 7) is 0.822. The summed E-state index contributed by atoms with van der Waals surface area (Å²) >= 11 is 1.78. The third-order valence-corrected chi connectivity index (χ3v) is 9.78. The molecule has 5 aromatic rings. The molecule has 6 rings (SSSR count). The molecule has 220 valence electrons. The van der Waals surface area contributed by atoms with Gasteiger partial charge in [0.25, 0.3) is 0 Å². The van der Waals surface area contributed by atoms with Crippen LogP contribution in [0.15, 0.2) is 146 Å². The van der Waals surface area contributed by atoms with Crippen LogP contribution in [-0.4, -0.2) is 30.0 Å². The molecule has 0 radical (unpaired) electrons. The Morgan fingerprint density at radius 2 is 1.18 bits per heavy atom. The quantitative estimate of drug-likeness (QED) is 0.123. The van der Waals surface area contributed by atoms with Gasteiger partial charge in [-0.25, -0.2) is 0 Å². The molecule has 44 heavy (non-hydrogen) atoms. The number of ketones is 1. The van der Waals surface area contributed by atoms with Gasteiger partial charge in [-0.3, -0.25) is 14.5 Å². The van der Waals surface area contributed by atoms with Crippen molar-refractivity contribution in [2.75, 3.05) is 17.2 Å². The zero-order chi connectivity index (χ0) is 30.2. The van der Waals surface area contributed by atoms with Gasteiger partial charge in [-0.05, 0) is 60.3 Å². The molecular weight excluding hydrogens is 561 g/mol. The van der Waals surface area contributed by atoms with E-state index in [0.29, 0.717) is 23.4 Å². The summed E-state index contributed by atoms with van der Waals surface area (Å²) in [6, 6.07) is 48.5. The molecule has 1 amide bonds. The molecule has 1 aliphatic heterocycles. The van der Waals surface area contributed by atoms with Gasteiger partial charge in [0.05, 0.1) is 16.5 Å². The van der Waals surface area contributed by atoms with Crippen molar-refractivity contribution >= 4 is 34.8 Å². The molecule has 1 aliphatic rings. The number of nitrogens with zero attached hydrogens (tertiary/aromatic N) is 1. The molecule has 1 saturated heterocycles. The van der Waals surface area contributed by atoms with Crippen molar-refractivity contribution in [2.24, 2.45) is 0 Å². The molecule has 1 atom stereocenters. The van der Waals surface area contributed by atoms with Gasteiger partial charge < -0.3 is 5.32 Å². The van der Waals surface area contributed by atoms with E-state index in [0.717, 1.165) is 25.1 Å². The monoisotopic (exact) mass is 596 g/mol. The van der Waals surface area contributed by atoms with Crippen LogP contribution in [0.2, 0.25) is 0 Å². The van der Waals surface area contributed by atoms with Gasteiger partial charge in [-0.1, -0.05) is 121 Å². The second-order valence-electron chi connectivity index (χ2n) is 11.0. The maximum Gasteiger partial charge on any atom is 0.248 e. The third-order valence-electron chi connectivity index (χ3n) is 8.23. The van der Waals surface area contributed by atoms with E-state index in [4.69, 9.17) is 0 Å². The van der Waals surface area contributed by atoms with Gasteiger partial charge in [-0.2, -0.15) is 0 Å². The fourth-order valence-electron chi connectivity index (χ4n) is 6.12. The molecule has 0 unspecified atom stereocenters. The third kappa shape index (κ3) is 6.12. The first kappa shape index (κ1) is 29.6. The normalized spacial score (nSPS) is 14.7. The summed E-state index contributed by atoms with van der Waals surface area (Å²) in [6.07, 6.45) is 2.08. The molecule has 0 aromatic heterocycles. The molecule has 0 aliphatic carbocycles. The van der Waals surface area contributed by atoms with Crippen LogP contribution in [0, 0.1) is 0 Å². The lowest BCUT2D eigenvalue weighted by atomic mass is 9.84. The zero-order valence-corrected chi connectivity index (χ0v) is 25.5. The minimum atomic E-state index is -0.496. The molecule has 1 fully saturated rings. The smallest absolute Gasteiger partial charge is 0.248 e. The van der Waals surface area contributed by atoms with E-state index in [-0.39, 0.29) is 17.7 Å². The summed E-state index contributed by atoms with van der Waals surface area (Å²) in [7, 11) is 0. The van der Waals surface area contributed by atoms with Crippen LogP contribution in [0.5, 0.6) is 0 Å². The largest absolute Gasteiger partial charge is 0.306 e. The summed E-state index contributed by atoms with van der Waals surface area (Å²) in [5.74, 6) is 0.582. The lowest BCUT2D eigenvalue weighted by Gasteiger charge is -2.35. The Labute approximate surface area is 264 Å². The highest BCUT2D eigenvalue weighted by Crippen LogP contribution is 2.48. The number of carbonyl (C=O) groups excluding carboxylic acids is 2. The molecular formula is C39H36N2O2S. The number of amides is 1. The van der Waals surface area contributed by atoms with Crippen molar-refractivity contribution in [3.63, 3.8) is 0 Å². The van der Waals surface area contributed by atoms with Gasteiger partial charge >= 0.3 is 0 Å². The van der Waals surface area contributed by atoms with Crippen molar-refractivity contribution < 1.29 is 9.59 Å². The highest BCUT2D eigenvalue weighted by molar-refractivity contribution is 8.00. The molecule has 0 saturated carbocycles. The number of anilines is 2. The molecule has 4 nitrogen and oxygen atoms in total. The average molecular weight is 597 g/mol. The first-order valence-electron chi connectivity index (χ1n) is 15.2. The van der Waals surface area contributed by atoms with Crippen LogP contribution >= 0.6 is 11.8 Å². The average Bonchev–Trinajstić information content (AvgIpc) is 3.64. The second kappa shape index (κ2) is 13.9. The van der Waals surface area contributed by atoms with Crippen LogP contribution in [0.25, 0.3) is 0 Å². The minimum absolute atomic E-state index is 0.0179. The molecule has 0 bridgehead atoms. The number of Topliss-reactive ketones (excluding diaryl/α,β-unsaturated/α-hetero) is 1.